The van der Waals surface area contributed by atoms with Crippen molar-refractivity contribution in [3.63, 3.8) is 0 Å². The highest BCUT2D eigenvalue weighted by molar-refractivity contribution is 5.76. The highest BCUT2D eigenvalue weighted by Gasteiger charge is 2.30. The van der Waals surface area contributed by atoms with Crippen molar-refractivity contribution in [3.8, 4) is 11.5 Å². The molecular weight excluding hydrogens is 334 g/mol. The van der Waals surface area contributed by atoms with Crippen molar-refractivity contribution in [2.75, 3.05) is 7.11 Å². The number of aromatic hydroxyl groups is 2. The third kappa shape index (κ3) is 5.21. The highest BCUT2D eigenvalue weighted by Crippen LogP contribution is 2.29. The van der Waals surface area contributed by atoms with Crippen LogP contribution in [0, 0.1) is 0 Å². The molecule has 26 heavy (non-hydrogen) atoms. The molecule has 0 aromatic heterocycles. The number of phenolic OH excluding ortho intramolecular Hbond substituents is 2. The van der Waals surface area contributed by atoms with Crippen LogP contribution in [0.15, 0.2) is 48.5 Å². The highest BCUT2D eigenvalue weighted by atomic mass is 16.5. The number of aryl methyl sites for hydroxylation is 1. The van der Waals surface area contributed by atoms with Crippen molar-refractivity contribution >= 4 is 5.97 Å². The van der Waals surface area contributed by atoms with E-state index in [-0.39, 0.29) is 17.5 Å². The van der Waals surface area contributed by atoms with Crippen molar-refractivity contribution in [1.29, 1.82) is 0 Å². The van der Waals surface area contributed by atoms with Gasteiger partial charge in [-0.15, -0.1) is 0 Å². The molecule has 0 fully saturated rings. The summed E-state index contributed by atoms with van der Waals surface area (Å²) in [5.41, 5.74) is 1.50. The lowest BCUT2D eigenvalue weighted by Gasteiger charge is -2.26. The van der Waals surface area contributed by atoms with Crippen LogP contribution in [-0.4, -0.2) is 40.5 Å². The first kappa shape index (κ1) is 19.8. The Balaban J connectivity index is 2.06. The fraction of sp³-hybridized carbons (Fsp3) is 0.350. The zero-order valence-electron chi connectivity index (χ0n) is 14.9. The second kappa shape index (κ2) is 9.22. The van der Waals surface area contributed by atoms with E-state index in [1.807, 2.05) is 37.3 Å². The second-order valence-corrected chi connectivity index (χ2v) is 6.29. The summed E-state index contributed by atoms with van der Waals surface area (Å²) >= 11 is 0. The van der Waals surface area contributed by atoms with Gasteiger partial charge in [-0.05, 0) is 43.0 Å². The maximum Gasteiger partial charge on any atom is 0.325 e. The third-order valence-electron chi connectivity index (χ3n) is 4.28. The van der Waals surface area contributed by atoms with Gasteiger partial charge >= 0.3 is 5.97 Å². The van der Waals surface area contributed by atoms with Crippen LogP contribution in [-0.2, 0) is 16.0 Å². The average Bonchev–Trinajstić information content (AvgIpc) is 2.66. The van der Waals surface area contributed by atoms with E-state index in [1.165, 1.54) is 30.9 Å². The zero-order chi connectivity index (χ0) is 19.1. The molecule has 2 rings (SSSR count). The Morgan fingerprint density at radius 2 is 1.81 bits per heavy atom. The van der Waals surface area contributed by atoms with Gasteiger partial charge in [0.25, 0.3) is 0 Å². The first-order chi connectivity index (χ1) is 12.4. The molecule has 0 saturated carbocycles. The minimum atomic E-state index is -1.23. The van der Waals surface area contributed by atoms with E-state index in [9.17, 15) is 20.1 Å². The van der Waals surface area contributed by atoms with E-state index in [2.05, 4.69) is 5.32 Å². The molecule has 2 unspecified atom stereocenters. The van der Waals surface area contributed by atoms with E-state index >= 15 is 0 Å². The SMILES string of the molecule is COC(=O)[C@H](NC(C)CCc1ccccc1)C(O)c1ccc(O)c(O)c1. The normalized spacial score (nSPS) is 14.4. The maximum absolute atomic E-state index is 12.1. The summed E-state index contributed by atoms with van der Waals surface area (Å²) in [6.45, 7) is 1.93. The van der Waals surface area contributed by atoms with Gasteiger partial charge in [-0.1, -0.05) is 36.4 Å². The fourth-order valence-corrected chi connectivity index (χ4v) is 2.75. The molecule has 0 spiro atoms. The van der Waals surface area contributed by atoms with Crippen molar-refractivity contribution in [2.24, 2.45) is 0 Å². The number of aliphatic hydroxyl groups excluding tert-OH is 1. The van der Waals surface area contributed by atoms with Crippen LogP contribution in [0.3, 0.4) is 0 Å². The van der Waals surface area contributed by atoms with Crippen LogP contribution in [0.2, 0.25) is 0 Å². The Labute approximate surface area is 153 Å². The molecule has 4 N–H and O–H groups in total. The number of carbonyl (C=O) groups excluding carboxylic acids is 1. The minimum Gasteiger partial charge on any atom is -0.504 e. The van der Waals surface area contributed by atoms with Crippen LogP contribution in [0.5, 0.6) is 11.5 Å². The molecule has 0 amide bonds. The standard InChI is InChI=1S/C20H25NO5/c1-13(8-9-14-6-4-3-5-7-14)21-18(20(25)26-2)19(24)15-10-11-16(22)17(23)12-15/h3-7,10-13,18-19,21-24H,8-9H2,1-2H3/t13?,18-,19?/m1/s1. The number of rotatable bonds is 8. The molecule has 0 bridgehead atoms. The van der Waals surface area contributed by atoms with E-state index in [0.29, 0.717) is 5.56 Å². The van der Waals surface area contributed by atoms with Crippen LogP contribution in [0.25, 0.3) is 0 Å². The molecule has 0 saturated heterocycles. The van der Waals surface area contributed by atoms with E-state index < -0.39 is 18.1 Å². The molecule has 0 heterocycles. The number of esters is 1. The summed E-state index contributed by atoms with van der Waals surface area (Å²) in [5.74, 6) is -1.25. The lowest BCUT2D eigenvalue weighted by molar-refractivity contribution is -0.146. The van der Waals surface area contributed by atoms with Gasteiger partial charge < -0.3 is 20.1 Å². The summed E-state index contributed by atoms with van der Waals surface area (Å²) in [5, 5.41) is 32.7. The number of aliphatic hydroxyl groups is 1. The summed E-state index contributed by atoms with van der Waals surface area (Å²) < 4.78 is 4.80. The van der Waals surface area contributed by atoms with Crippen molar-refractivity contribution < 1.29 is 24.9 Å². The quantitative estimate of drug-likeness (QED) is 0.426. The lowest BCUT2D eigenvalue weighted by Crippen LogP contribution is -2.46. The minimum absolute atomic E-state index is 0.0559. The Kier molecular flexibility index (Phi) is 7.00. The van der Waals surface area contributed by atoms with Gasteiger partial charge in [0.2, 0.25) is 0 Å². The molecule has 0 aliphatic carbocycles. The van der Waals surface area contributed by atoms with Gasteiger partial charge in [0.15, 0.2) is 11.5 Å². The molecule has 6 heteroatoms. The molecule has 3 atom stereocenters. The van der Waals surface area contributed by atoms with Crippen LogP contribution in [0.1, 0.15) is 30.6 Å². The van der Waals surface area contributed by atoms with Gasteiger partial charge in [-0.2, -0.15) is 0 Å². The fourth-order valence-electron chi connectivity index (χ4n) is 2.75. The summed E-state index contributed by atoms with van der Waals surface area (Å²) in [6.07, 6.45) is 0.373. The van der Waals surface area contributed by atoms with E-state index in [4.69, 9.17) is 4.74 Å². The predicted octanol–water partition coefficient (Wildman–Crippen LogP) is 2.28. The number of benzene rings is 2. The van der Waals surface area contributed by atoms with Crippen molar-refractivity contribution in [2.45, 2.75) is 38.0 Å². The number of methoxy groups -OCH3 is 1. The smallest absolute Gasteiger partial charge is 0.325 e. The topological polar surface area (TPSA) is 99.0 Å². The van der Waals surface area contributed by atoms with Crippen LogP contribution < -0.4 is 5.32 Å². The molecular formula is C20H25NO5. The number of nitrogens with one attached hydrogen (secondary N) is 1. The zero-order valence-corrected chi connectivity index (χ0v) is 14.9. The largest absolute Gasteiger partial charge is 0.504 e. The first-order valence-corrected chi connectivity index (χ1v) is 8.50. The molecule has 0 radical (unpaired) electrons. The number of hydrogen-bond donors (Lipinski definition) is 4. The first-order valence-electron chi connectivity index (χ1n) is 8.50. The molecule has 0 aliphatic heterocycles. The molecule has 140 valence electrons. The van der Waals surface area contributed by atoms with Gasteiger partial charge in [0.05, 0.1) is 7.11 Å². The number of carbonyl (C=O) groups is 1. The van der Waals surface area contributed by atoms with Crippen LogP contribution in [0.4, 0.5) is 0 Å². The van der Waals surface area contributed by atoms with Crippen molar-refractivity contribution in [3.05, 3.63) is 59.7 Å². The van der Waals surface area contributed by atoms with E-state index in [0.717, 1.165) is 12.8 Å². The van der Waals surface area contributed by atoms with Gasteiger partial charge in [-0.3, -0.25) is 10.1 Å². The van der Waals surface area contributed by atoms with Crippen molar-refractivity contribution in [1.82, 2.24) is 5.32 Å². The maximum atomic E-state index is 12.1. The Bertz CT molecular complexity index is 719. The number of hydrogen-bond acceptors (Lipinski definition) is 6. The van der Waals surface area contributed by atoms with Gasteiger partial charge in [-0.25, -0.2) is 0 Å². The predicted molar refractivity (Wildman–Crippen MR) is 97.9 cm³/mol. The summed E-state index contributed by atoms with van der Waals surface area (Å²) in [6, 6.07) is 12.9. The molecule has 2 aromatic carbocycles. The Hall–Kier alpha value is -2.57. The number of phenols is 2. The van der Waals surface area contributed by atoms with Gasteiger partial charge in [0, 0.05) is 6.04 Å². The monoisotopic (exact) mass is 359 g/mol. The van der Waals surface area contributed by atoms with E-state index in [1.54, 1.807) is 0 Å². The van der Waals surface area contributed by atoms with Gasteiger partial charge in [0.1, 0.15) is 12.1 Å². The average molecular weight is 359 g/mol. The molecule has 2 aromatic rings. The second-order valence-electron chi connectivity index (χ2n) is 6.29. The summed E-state index contributed by atoms with van der Waals surface area (Å²) in [7, 11) is 1.26. The van der Waals surface area contributed by atoms with Crippen LogP contribution >= 0.6 is 0 Å². The number of ether oxygens (including phenoxy) is 1. The Morgan fingerprint density at radius 1 is 1.12 bits per heavy atom. The molecule has 6 nitrogen and oxygen atoms in total. The Morgan fingerprint density at radius 3 is 2.42 bits per heavy atom. The summed E-state index contributed by atoms with van der Waals surface area (Å²) in [4.78, 5) is 12.1. The molecule has 0 aliphatic rings. The third-order valence-corrected chi connectivity index (χ3v) is 4.28. The lowest BCUT2D eigenvalue weighted by atomic mass is 9.99.